The Bertz CT molecular complexity index is 1040. The van der Waals surface area contributed by atoms with E-state index in [1.165, 1.54) is 6.07 Å². The molecule has 4 rings (SSSR count). The fourth-order valence-corrected chi connectivity index (χ4v) is 3.65. The number of aromatic nitrogens is 2. The quantitative estimate of drug-likeness (QED) is 0.380. The van der Waals surface area contributed by atoms with Gasteiger partial charge in [0.1, 0.15) is 5.69 Å². The SMILES string of the molecule is O=C(c1ccccc1)c1ccc(N[C@H]2CCCN(c3ncccn3)C2)c([N+](=O)[O-])c1. The lowest BCUT2D eigenvalue weighted by Crippen LogP contribution is -2.43. The van der Waals surface area contributed by atoms with Crippen LogP contribution in [-0.2, 0) is 0 Å². The van der Waals surface area contributed by atoms with Crippen LogP contribution in [0.25, 0.3) is 0 Å². The fourth-order valence-electron chi connectivity index (χ4n) is 3.65. The third-order valence-electron chi connectivity index (χ3n) is 5.11. The van der Waals surface area contributed by atoms with Crippen LogP contribution in [0, 0.1) is 10.1 Å². The Morgan fingerprint density at radius 2 is 1.83 bits per heavy atom. The third-order valence-corrected chi connectivity index (χ3v) is 5.11. The summed E-state index contributed by atoms with van der Waals surface area (Å²) in [7, 11) is 0. The number of hydrogen-bond acceptors (Lipinski definition) is 7. The summed E-state index contributed by atoms with van der Waals surface area (Å²) in [5.74, 6) is 0.414. The molecule has 1 aromatic heterocycles. The van der Waals surface area contributed by atoms with E-state index in [-0.39, 0.29) is 17.5 Å². The van der Waals surface area contributed by atoms with Crippen molar-refractivity contribution in [3.63, 3.8) is 0 Å². The first-order chi connectivity index (χ1) is 14.6. The molecule has 0 radical (unpaired) electrons. The van der Waals surface area contributed by atoms with Crippen molar-refractivity contribution in [2.24, 2.45) is 0 Å². The molecule has 0 spiro atoms. The number of carbonyl (C=O) groups excluding carboxylic acids is 1. The molecule has 0 unspecified atom stereocenters. The summed E-state index contributed by atoms with van der Waals surface area (Å²) >= 11 is 0. The standard InChI is InChI=1S/C22H21N5O3/c28-21(16-6-2-1-3-7-16)17-9-10-19(20(14-17)27(29)30)25-18-8-4-13-26(15-18)22-23-11-5-12-24-22/h1-3,5-7,9-12,14,18,25H,4,8,13,15H2/t18-/m0/s1. The van der Waals surface area contributed by atoms with Crippen molar-refractivity contribution in [1.82, 2.24) is 9.97 Å². The van der Waals surface area contributed by atoms with E-state index in [9.17, 15) is 14.9 Å². The Morgan fingerprint density at radius 3 is 2.57 bits per heavy atom. The normalized spacial score (nSPS) is 16.1. The minimum Gasteiger partial charge on any atom is -0.375 e. The zero-order chi connectivity index (χ0) is 20.9. The minimum absolute atomic E-state index is 0.0110. The van der Waals surface area contributed by atoms with Gasteiger partial charge in [0.2, 0.25) is 5.95 Å². The van der Waals surface area contributed by atoms with Crippen LogP contribution in [0.1, 0.15) is 28.8 Å². The largest absolute Gasteiger partial charge is 0.375 e. The number of anilines is 2. The lowest BCUT2D eigenvalue weighted by atomic mass is 10.0. The molecule has 1 atom stereocenters. The summed E-state index contributed by atoms with van der Waals surface area (Å²) in [5.41, 5.74) is 1.09. The predicted molar refractivity (Wildman–Crippen MR) is 114 cm³/mol. The number of ketones is 1. The van der Waals surface area contributed by atoms with Gasteiger partial charge >= 0.3 is 0 Å². The number of nitro groups is 1. The number of nitrogens with one attached hydrogen (secondary N) is 1. The molecule has 2 aromatic carbocycles. The average Bonchev–Trinajstić information content (AvgIpc) is 2.80. The zero-order valence-corrected chi connectivity index (χ0v) is 16.3. The van der Waals surface area contributed by atoms with Gasteiger partial charge in [0.05, 0.1) is 4.92 Å². The molecule has 8 nitrogen and oxygen atoms in total. The molecular weight excluding hydrogens is 382 g/mol. The summed E-state index contributed by atoms with van der Waals surface area (Å²) in [5, 5.41) is 15.0. The number of nitro benzene ring substituents is 1. The molecule has 0 saturated carbocycles. The van der Waals surface area contributed by atoms with E-state index in [1.807, 2.05) is 6.07 Å². The van der Waals surface area contributed by atoms with Gasteiger partial charge < -0.3 is 10.2 Å². The van der Waals surface area contributed by atoms with Crippen molar-refractivity contribution in [3.8, 4) is 0 Å². The van der Waals surface area contributed by atoms with Crippen LogP contribution in [0.4, 0.5) is 17.3 Å². The van der Waals surface area contributed by atoms with Crippen LogP contribution in [0.2, 0.25) is 0 Å². The predicted octanol–water partition coefficient (Wildman–Crippen LogP) is 3.70. The second kappa shape index (κ2) is 8.69. The smallest absolute Gasteiger partial charge is 0.293 e. The molecular formula is C22H21N5O3. The molecule has 1 N–H and O–H groups in total. The van der Waals surface area contributed by atoms with E-state index >= 15 is 0 Å². The van der Waals surface area contributed by atoms with Crippen LogP contribution >= 0.6 is 0 Å². The number of carbonyl (C=O) groups is 1. The fraction of sp³-hybridized carbons (Fsp3) is 0.227. The van der Waals surface area contributed by atoms with Gasteiger partial charge in [-0.15, -0.1) is 0 Å². The van der Waals surface area contributed by atoms with Crippen LogP contribution in [0.15, 0.2) is 67.0 Å². The Morgan fingerprint density at radius 1 is 1.07 bits per heavy atom. The molecule has 3 aromatic rings. The second-order valence-electron chi connectivity index (χ2n) is 7.16. The first kappa shape index (κ1) is 19.5. The van der Waals surface area contributed by atoms with Gasteiger partial charge in [-0.25, -0.2) is 9.97 Å². The lowest BCUT2D eigenvalue weighted by Gasteiger charge is -2.33. The van der Waals surface area contributed by atoms with Gasteiger partial charge in [-0.2, -0.15) is 0 Å². The summed E-state index contributed by atoms with van der Waals surface area (Å²) in [6, 6.07) is 15.1. The first-order valence-electron chi connectivity index (χ1n) is 9.78. The van der Waals surface area contributed by atoms with Gasteiger partial charge in [0.15, 0.2) is 5.78 Å². The van der Waals surface area contributed by atoms with Crippen molar-refractivity contribution >= 4 is 23.1 Å². The van der Waals surface area contributed by atoms with E-state index in [2.05, 4.69) is 20.2 Å². The van der Waals surface area contributed by atoms with Gasteiger partial charge in [-0.3, -0.25) is 14.9 Å². The van der Waals surface area contributed by atoms with Crippen molar-refractivity contribution in [2.45, 2.75) is 18.9 Å². The molecule has 1 fully saturated rings. The molecule has 0 aliphatic carbocycles. The highest BCUT2D eigenvalue weighted by Gasteiger charge is 2.25. The van der Waals surface area contributed by atoms with Gasteiger partial charge in [-0.1, -0.05) is 30.3 Å². The molecule has 8 heteroatoms. The number of nitrogens with zero attached hydrogens (tertiary/aromatic N) is 4. The van der Waals surface area contributed by atoms with E-state index in [0.717, 1.165) is 19.4 Å². The van der Waals surface area contributed by atoms with Gasteiger partial charge in [0, 0.05) is 48.7 Å². The molecule has 1 saturated heterocycles. The topological polar surface area (TPSA) is 101 Å². The van der Waals surface area contributed by atoms with Crippen LogP contribution in [-0.4, -0.2) is 39.8 Å². The van der Waals surface area contributed by atoms with Crippen molar-refractivity contribution in [2.75, 3.05) is 23.3 Å². The highest BCUT2D eigenvalue weighted by Crippen LogP contribution is 2.29. The first-order valence-corrected chi connectivity index (χ1v) is 9.78. The van der Waals surface area contributed by atoms with Crippen molar-refractivity contribution < 1.29 is 9.72 Å². The summed E-state index contributed by atoms with van der Waals surface area (Å²) in [4.78, 5) is 34.5. The lowest BCUT2D eigenvalue weighted by molar-refractivity contribution is -0.384. The molecule has 0 amide bonds. The number of piperidine rings is 1. The van der Waals surface area contributed by atoms with E-state index in [1.54, 1.807) is 54.9 Å². The summed E-state index contributed by atoms with van der Waals surface area (Å²) in [6.45, 7) is 1.49. The number of hydrogen-bond donors (Lipinski definition) is 1. The second-order valence-corrected chi connectivity index (χ2v) is 7.16. The minimum atomic E-state index is -0.453. The molecule has 0 bridgehead atoms. The Labute approximate surface area is 173 Å². The maximum atomic E-state index is 12.7. The monoisotopic (exact) mass is 403 g/mol. The van der Waals surface area contributed by atoms with Crippen LogP contribution in [0.5, 0.6) is 0 Å². The summed E-state index contributed by atoms with van der Waals surface area (Å²) in [6.07, 6.45) is 5.21. The number of benzene rings is 2. The highest BCUT2D eigenvalue weighted by atomic mass is 16.6. The van der Waals surface area contributed by atoms with E-state index < -0.39 is 4.92 Å². The Kier molecular flexibility index (Phi) is 5.65. The summed E-state index contributed by atoms with van der Waals surface area (Å²) < 4.78 is 0. The van der Waals surface area contributed by atoms with E-state index in [4.69, 9.17) is 0 Å². The van der Waals surface area contributed by atoms with Crippen molar-refractivity contribution in [3.05, 3.63) is 88.2 Å². The number of rotatable bonds is 6. The molecule has 1 aliphatic heterocycles. The Hall–Kier alpha value is -3.81. The molecule has 2 heterocycles. The third kappa shape index (κ3) is 4.27. The average molecular weight is 403 g/mol. The maximum Gasteiger partial charge on any atom is 0.293 e. The van der Waals surface area contributed by atoms with Crippen LogP contribution in [0.3, 0.4) is 0 Å². The van der Waals surface area contributed by atoms with Gasteiger partial charge in [-0.05, 0) is 31.0 Å². The molecule has 30 heavy (non-hydrogen) atoms. The highest BCUT2D eigenvalue weighted by molar-refractivity contribution is 6.09. The van der Waals surface area contributed by atoms with E-state index in [0.29, 0.717) is 29.3 Å². The Balaban J connectivity index is 1.54. The zero-order valence-electron chi connectivity index (χ0n) is 16.3. The van der Waals surface area contributed by atoms with Crippen molar-refractivity contribution in [1.29, 1.82) is 0 Å². The molecule has 1 aliphatic rings. The molecule has 152 valence electrons. The van der Waals surface area contributed by atoms with Gasteiger partial charge in [0.25, 0.3) is 5.69 Å². The maximum absolute atomic E-state index is 12.7. The van der Waals surface area contributed by atoms with Crippen LogP contribution < -0.4 is 10.2 Å².